The molecule has 0 unspecified atom stereocenters. The smallest absolute Gasteiger partial charge is 0.307 e. The monoisotopic (exact) mass is 698 g/mol. The maximum Gasteiger partial charge on any atom is 0.307 e. The first kappa shape index (κ1) is 33.1. The van der Waals surface area contributed by atoms with Crippen LogP contribution in [0.4, 0.5) is 5.69 Å². The number of hydrogen-bond donors (Lipinski definition) is 2. The number of carbonyl (C=O) groups excluding carboxylic acids is 2. The van der Waals surface area contributed by atoms with Gasteiger partial charge in [-0.25, -0.2) is 5.43 Å². The van der Waals surface area contributed by atoms with E-state index in [2.05, 4.69) is 62.3 Å². The number of nitrogens with one attached hydrogen (secondary N) is 2. The highest BCUT2D eigenvalue weighted by atomic mass is 79.9. The SMILES string of the molecule is CCOc1cc(/C=N/NC(=O)c2ccc(COc3ccc(-n4c(C)ccc4C)cc3)o2)cc(Br)c1OCC(=O)Nc1ccc(C)cc1. The van der Waals surface area contributed by atoms with Crippen molar-refractivity contribution in [3.8, 4) is 22.9 Å². The molecule has 0 radical (unpaired) electrons. The number of benzene rings is 3. The molecule has 0 saturated heterocycles. The lowest BCUT2D eigenvalue weighted by Crippen LogP contribution is -2.20. The Morgan fingerprint density at radius 1 is 0.894 bits per heavy atom. The quantitative estimate of drug-likeness (QED) is 0.0971. The second-order valence-electron chi connectivity index (χ2n) is 10.7. The number of rotatable bonds is 13. The summed E-state index contributed by atoms with van der Waals surface area (Å²) in [6.45, 7) is 8.27. The Morgan fingerprint density at radius 2 is 1.62 bits per heavy atom. The Morgan fingerprint density at radius 3 is 2.32 bits per heavy atom. The van der Waals surface area contributed by atoms with Crippen LogP contribution in [0.3, 0.4) is 0 Å². The molecule has 5 aromatic rings. The van der Waals surface area contributed by atoms with Crippen molar-refractivity contribution in [2.24, 2.45) is 5.10 Å². The van der Waals surface area contributed by atoms with Crippen LogP contribution < -0.4 is 25.0 Å². The molecule has 2 aromatic heterocycles. The van der Waals surface area contributed by atoms with Crippen molar-refractivity contribution in [2.75, 3.05) is 18.5 Å². The number of hydrazone groups is 1. The van der Waals surface area contributed by atoms with E-state index in [0.717, 1.165) is 22.6 Å². The molecular formula is C36H35BrN4O6. The Labute approximate surface area is 281 Å². The first-order valence-electron chi connectivity index (χ1n) is 15.0. The Hall–Kier alpha value is -5.29. The zero-order chi connectivity index (χ0) is 33.3. The minimum Gasteiger partial charge on any atom is -0.490 e. The third-order valence-corrected chi connectivity index (χ3v) is 7.62. The second kappa shape index (κ2) is 15.3. The predicted octanol–water partition coefficient (Wildman–Crippen LogP) is 7.52. The maximum atomic E-state index is 12.7. The van der Waals surface area contributed by atoms with Gasteiger partial charge in [0.2, 0.25) is 0 Å². The summed E-state index contributed by atoms with van der Waals surface area (Å²) in [5, 5.41) is 6.86. The van der Waals surface area contributed by atoms with Gasteiger partial charge in [-0.3, -0.25) is 9.59 Å². The van der Waals surface area contributed by atoms with Crippen LogP contribution in [0.2, 0.25) is 0 Å². The van der Waals surface area contributed by atoms with E-state index in [0.29, 0.717) is 45.3 Å². The van der Waals surface area contributed by atoms with Gasteiger partial charge in [-0.15, -0.1) is 0 Å². The van der Waals surface area contributed by atoms with Gasteiger partial charge in [-0.1, -0.05) is 17.7 Å². The molecule has 0 spiro atoms. The average Bonchev–Trinajstić information content (AvgIpc) is 3.67. The molecule has 0 aliphatic carbocycles. The van der Waals surface area contributed by atoms with Crippen molar-refractivity contribution in [1.82, 2.24) is 9.99 Å². The third-order valence-electron chi connectivity index (χ3n) is 7.03. The number of anilines is 1. The van der Waals surface area contributed by atoms with Gasteiger partial charge in [0, 0.05) is 22.8 Å². The molecule has 242 valence electrons. The fourth-order valence-corrected chi connectivity index (χ4v) is 5.33. The van der Waals surface area contributed by atoms with Crippen LogP contribution in [0, 0.1) is 20.8 Å². The van der Waals surface area contributed by atoms with E-state index in [9.17, 15) is 9.59 Å². The number of hydrogen-bond acceptors (Lipinski definition) is 7. The maximum absolute atomic E-state index is 12.7. The van der Waals surface area contributed by atoms with E-state index >= 15 is 0 Å². The van der Waals surface area contributed by atoms with Crippen molar-refractivity contribution in [2.45, 2.75) is 34.3 Å². The predicted molar refractivity (Wildman–Crippen MR) is 184 cm³/mol. The number of aryl methyl sites for hydroxylation is 3. The molecule has 0 bridgehead atoms. The minimum absolute atomic E-state index is 0.0958. The number of aromatic nitrogens is 1. The topological polar surface area (TPSA) is 116 Å². The van der Waals surface area contributed by atoms with Gasteiger partial charge in [0.15, 0.2) is 23.9 Å². The van der Waals surface area contributed by atoms with Gasteiger partial charge in [-0.05, 0) is 122 Å². The highest BCUT2D eigenvalue weighted by Gasteiger charge is 2.15. The molecule has 0 aliphatic rings. The second-order valence-corrected chi connectivity index (χ2v) is 11.5. The fraction of sp³-hybridized carbons (Fsp3) is 0.194. The summed E-state index contributed by atoms with van der Waals surface area (Å²) in [6.07, 6.45) is 1.46. The van der Waals surface area contributed by atoms with Crippen LogP contribution in [0.25, 0.3) is 5.69 Å². The van der Waals surface area contributed by atoms with E-state index in [1.54, 1.807) is 24.3 Å². The van der Waals surface area contributed by atoms with E-state index in [4.69, 9.17) is 18.6 Å². The van der Waals surface area contributed by atoms with Gasteiger partial charge in [0.05, 0.1) is 17.3 Å². The summed E-state index contributed by atoms with van der Waals surface area (Å²) in [5.74, 6) is 1.24. The van der Waals surface area contributed by atoms with Crippen molar-refractivity contribution in [3.05, 3.63) is 123 Å². The Bertz CT molecular complexity index is 1860. The lowest BCUT2D eigenvalue weighted by atomic mass is 10.2. The number of furan rings is 1. The number of carbonyl (C=O) groups is 2. The third kappa shape index (κ3) is 8.71. The van der Waals surface area contributed by atoms with Crippen LogP contribution in [0.5, 0.6) is 17.2 Å². The normalized spacial score (nSPS) is 11.0. The van der Waals surface area contributed by atoms with E-state index in [-0.39, 0.29) is 24.9 Å². The minimum atomic E-state index is -0.516. The molecule has 0 aliphatic heterocycles. The number of amides is 2. The Kier molecular flexibility index (Phi) is 10.8. The van der Waals surface area contributed by atoms with Crippen LogP contribution in [-0.2, 0) is 11.4 Å². The molecular weight excluding hydrogens is 664 g/mol. The summed E-state index contributed by atoms with van der Waals surface area (Å²) >= 11 is 3.49. The zero-order valence-corrected chi connectivity index (χ0v) is 28.1. The average molecular weight is 700 g/mol. The van der Waals surface area contributed by atoms with Gasteiger partial charge in [-0.2, -0.15) is 5.10 Å². The first-order valence-corrected chi connectivity index (χ1v) is 15.8. The van der Waals surface area contributed by atoms with Crippen LogP contribution in [-0.4, -0.2) is 35.8 Å². The lowest BCUT2D eigenvalue weighted by molar-refractivity contribution is -0.118. The van der Waals surface area contributed by atoms with Crippen LogP contribution >= 0.6 is 15.9 Å². The molecule has 0 atom stereocenters. The number of halogens is 1. The summed E-state index contributed by atoms with van der Waals surface area (Å²) in [6, 6.07) is 26.1. The Balaban J connectivity index is 1.13. The summed E-state index contributed by atoms with van der Waals surface area (Å²) < 4.78 is 25.8. The van der Waals surface area contributed by atoms with Gasteiger partial charge < -0.3 is 28.5 Å². The lowest BCUT2D eigenvalue weighted by Gasteiger charge is -2.14. The molecule has 3 aromatic carbocycles. The van der Waals surface area contributed by atoms with Crippen LogP contribution in [0.1, 0.15) is 45.8 Å². The number of nitrogens with zero attached hydrogens (tertiary/aromatic N) is 2. The number of ether oxygens (including phenoxy) is 3. The molecule has 2 amide bonds. The van der Waals surface area contributed by atoms with Crippen molar-refractivity contribution in [1.29, 1.82) is 0 Å². The molecule has 47 heavy (non-hydrogen) atoms. The van der Waals surface area contributed by atoms with E-state index in [1.165, 1.54) is 6.21 Å². The summed E-state index contributed by atoms with van der Waals surface area (Å²) in [7, 11) is 0. The highest BCUT2D eigenvalue weighted by Crippen LogP contribution is 2.36. The van der Waals surface area contributed by atoms with E-state index in [1.807, 2.05) is 62.4 Å². The molecule has 5 rings (SSSR count). The zero-order valence-electron chi connectivity index (χ0n) is 26.5. The van der Waals surface area contributed by atoms with Gasteiger partial charge in [0.1, 0.15) is 18.1 Å². The van der Waals surface area contributed by atoms with Gasteiger partial charge in [0.25, 0.3) is 5.91 Å². The standard InChI is InChI=1S/C36H35BrN4O6/c1-5-44-33-19-26(18-31(37)35(33)46-22-34(42)39-27-10-6-23(2)7-11-27)20-38-40-36(43)32-17-16-30(47-32)21-45-29-14-12-28(13-15-29)41-24(3)8-9-25(41)4/h6-20H,5,21-22H2,1-4H3,(H,39,42)(H,40,43)/b38-20+. The molecule has 11 heteroatoms. The molecule has 0 fully saturated rings. The van der Waals surface area contributed by atoms with Crippen molar-refractivity contribution in [3.63, 3.8) is 0 Å². The summed E-state index contributed by atoms with van der Waals surface area (Å²) in [4.78, 5) is 25.1. The van der Waals surface area contributed by atoms with E-state index < -0.39 is 5.91 Å². The first-order chi connectivity index (χ1) is 22.7. The summed E-state index contributed by atoms with van der Waals surface area (Å²) in [5.41, 5.74) is 8.24. The highest BCUT2D eigenvalue weighted by molar-refractivity contribution is 9.10. The fourth-order valence-electron chi connectivity index (χ4n) is 4.76. The molecule has 2 N–H and O–H groups in total. The van der Waals surface area contributed by atoms with Gasteiger partial charge >= 0.3 is 5.91 Å². The van der Waals surface area contributed by atoms with Crippen molar-refractivity contribution >= 4 is 39.6 Å². The van der Waals surface area contributed by atoms with Crippen molar-refractivity contribution < 1.29 is 28.2 Å². The largest absolute Gasteiger partial charge is 0.490 e. The molecule has 0 saturated carbocycles. The molecule has 10 nitrogen and oxygen atoms in total. The van der Waals surface area contributed by atoms with Crippen LogP contribution in [0.15, 0.2) is 98.9 Å². The molecule has 2 heterocycles.